The number of esters is 6. The SMILES string of the molecule is COC(=O)C1(OCC2OC(OC[C@@H](NC(=O)OCC3c4ccccc4-c4ccccc43)C(=O)O)C(NC(C)=O)C(OC(=O)c3ccccc3)C2O)CC(OC(C)=O)C(NC(C)=O)C([C@@H](OC(C)=O)[C@H](COC(C)=O)OC(C)=O)O1. The van der Waals surface area contributed by atoms with E-state index in [1.54, 1.807) is 6.07 Å². The Morgan fingerprint density at radius 1 is 0.696 bits per heavy atom. The lowest BCUT2D eigenvalue weighted by molar-refractivity contribution is -0.332. The highest BCUT2D eigenvalue weighted by Crippen LogP contribution is 2.45. The lowest BCUT2D eigenvalue weighted by Gasteiger charge is -2.49. The van der Waals surface area contributed by atoms with E-state index in [-0.39, 0.29) is 18.1 Å². The second-order valence-corrected chi connectivity index (χ2v) is 18.4. The van der Waals surface area contributed by atoms with Gasteiger partial charge in [-0.05, 0) is 34.4 Å². The third-order valence-electron chi connectivity index (χ3n) is 12.6. The van der Waals surface area contributed by atoms with Crippen molar-refractivity contribution in [3.8, 4) is 11.1 Å². The van der Waals surface area contributed by atoms with Gasteiger partial charge in [0, 0.05) is 47.5 Å². The summed E-state index contributed by atoms with van der Waals surface area (Å²) in [5, 5.41) is 29.7. The van der Waals surface area contributed by atoms with Crippen LogP contribution in [0.2, 0.25) is 0 Å². The Labute approximate surface area is 451 Å². The number of methoxy groups -OCH3 is 1. The minimum absolute atomic E-state index is 0.0223. The van der Waals surface area contributed by atoms with Gasteiger partial charge in [0.2, 0.25) is 11.8 Å². The first kappa shape index (κ1) is 60.2. The second-order valence-electron chi connectivity index (χ2n) is 18.4. The highest BCUT2D eigenvalue weighted by molar-refractivity contribution is 5.89. The molecule has 6 rings (SSSR count). The van der Waals surface area contributed by atoms with Crippen molar-refractivity contribution in [2.45, 2.75) is 127 Å². The summed E-state index contributed by atoms with van der Waals surface area (Å²) >= 11 is 0. The van der Waals surface area contributed by atoms with Gasteiger partial charge in [0.1, 0.15) is 43.7 Å². The average Bonchev–Trinajstić information content (AvgIpc) is 3.77. The van der Waals surface area contributed by atoms with E-state index in [2.05, 4.69) is 16.0 Å². The van der Waals surface area contributed by atoms with E-state index in [9.17, 15) is 58.2 Å². The summed E-state index contributed by atoms with van der Waals surface area (Å²) in [6, 6.07) is 17.4. The number of aliphatic hydroxyl groups excluding tert-OH is 1. The summed E-state index contributed by atoms with van der Waals surface area (Å²) in [6.07, 6.45) is -16.9. The summed E-state index contributed by atoms with van der Waals surface area (Å²) in [6.45, 7) is 3.12. The van der Waals surface area contributed by atoms with E-state index in [0.29, 0.717) is 0 Å². The highest BCUT2D eigenvalue weighted by Gasteiger charge is 2.60. The first-order valence-corrected chi connectivity index (χ1v) is 24.7. The molecule has 3 aliphatic rings. The van der Waals surface area contributed by atoms with Crippen LogP contribution in [0.4, 0.5) is 4.79 Å². The van der Waals surface area contributed by atoms with Crippen LogP contribution < -0.4 is 16.0 Å². The molecule has 0 bridgehead atoms. The molecule has 26 heteroatoms. The molecule has 0 aromatic heterocycles. The standard InChI is InChI=1S/C53H61N3O23/c1-26(57)54-42-39(74-29(4)60)21-53(51(67)69-7,79-47(42)45(76-31(6)62)41(75-30(5)61)24-70-28(3)59)73-25-40-44(63)46(78-49(66)32-15-9-8-10-16-32)43(55-27(2)58)50(77-40)71-23-38(48(64)65)56-52(68)72-22-37-35-19-13-11-17-33(35)34-18-12-14-20-36(34)37/h8-20,37-47,50,63H,21-25H2,1-7H3,(H,54,57)(H,55,58)(H,56,68)(H,64,65)/t38-,39?,40?,41+,42?,43?,44?,45+,46?,47?,50?,53?/m1/s1. The molecule has 9 unspecified atom stereocenters. The van der Waals surface area contributed by atoms with Crippen molar-refractivity contribution in [3.63, 3.8) is 0 Å². The number of aliphatic hydroxyl groups is 1. The highest BCUT2D eigenvalue weighted by atomic mass is 16.8. The third-order valence-corrected chi connectivity index (χ3v) is 12.6. The molecule has 5 N–H and O–H groups in total. The van der Waals surface area contributed by atoms with Gasteiger partial charge in [0.15, 0.2) is 30.6 Å². The summed E-state index contributed by atoms with van der Waals surface area (Å²) in [5.74, 6) is -12.7. The molecule has 0 saturated carbocycles. The lowest BCUT2D eigenvalue weighted by Crippen LogP contribution is -2.70. The van der Waals surface area contributed by atoms with E-state index in [1.807, 2.05) is 48.5 Å². The van der Waals surface area contributed by atoms with Gasteiger partial charge in [-0.2, -0.15) is 0 Å². The number of nitrogens with one attached hydrogen (secondary N) is 3. The number of hydrogen-bond donors (Lipinski definition) is 5. The van der Waals surface area contributed by atoms with Gasteiger partial charge >= 0.3 is 47.9 Å². The van der Waals surface area contributed by atoms with Crippen LogP contribution in [0.5, 0.6) is 0 Å². The fourth-order valence-corrected chi connectivity index (χ4v) is 9.40. The van der Waals surface area contributed by atoms with Crippen molar-refractivity contribution in [1.82, 2.24) is 16.0 Å². The molecule has 2 heterocycles. The zero-order chi connectivity index (χ0) is 57.7. The Morgan fingerprint density at radius 2 is 1.29 bits per heavy atom. The third kappa shape index (κ3) is 15.4. The molecule has 12 atom stereocenters. The number of carboxylic acid groups (broad SMARTS) is 1. The lowest BCUT2D eigenvalue weighted by atomic mass is 9.87. The van der Waals surface area contributed by atoms with Crippen molar-refractivity contribution in [1.29, 1.82) is 0 Å². The van der Waals surface area contributed by atoms with Crippen LogP contribution in [0.3, 0.4) is 0 Å². The van der Waals surface area contributed by atoms with Gasteiger partial charge in [-0.15, -0.1) is 0 Å². The first-order chi connectivity index (χ1) is 37.5. The van der Waals surface area contributed by atoms with E-state index in [4.69, 9.17) is 52.1 Å². The van der Waals surface area contributed by atoms with Crippen LogP contribution in [0.15, 0.2) is 78.9 Å². The predicted molar refractivity (Wildman–Crippen MR) is 265 cm³/mol. The number of carbonyl (C=O) groups excluding carboxylic acids is 9. The summed E-state index contributed by atoms with van der Waals surface area (Å²) in [4.78, 5) is 130. The van der Waals surface area contributed by atoms with Gasteiger partial charge in [0.05, 0.1) is 38.3 Å². The maximum atomic E-state index is 14.2. The van der Waals surface area contributed by atoms with E-state index < -0.39 is 159 Å². The number of ether oxygens (including phenoxy) is 11. The van der Waals surface area contributed by atoms with E-state index in [0.717, 1.165) is 70.9 Å². The van der Waals surface area contributed by atoms with Gasteiger partial charge in [-0.1, -0.05) is 66.7 Å². The van der Waals surface area contributed by atoms with Crippen LogP contribution in [-0.2, 0) is 90.5 Å². The van der Waals surface area contributed by atoms with Crippen LogP contribution in [0.1, 0.15) is 75.4 Å². The van der Waals surface area contributed by atoms with Gasteiger partial charge < -0.3 is 78.3 Å². The van der Waals surface area contributed by atoms with Gasteiger partial charge in [-0.25, -0.2) is 19.2 Å². The second kappa shape index (κ2) is 27.0. The molecule has 2 saturated heterocycles. The maximum absolute atomic E-state index is 14.2. The molecular formula is C53H61N3O23. The molecule has 0 radical (unpaired) electrons. The Balaban J connectivity index is 1.33. The van der Waals surface area contributed by atoms with Crippen LogP contribution in [-0.4, -0.2) is 176 Å². The Kier molecular flexibility index (Phi) is 20.6. The van der Waals surface area contributed by atoms with Crippen molar-refractivity contribution in [2.75, 3.05) is 33.5 Å². The maximum Gasteiger partial charge on any atom is 0.407 e. The number of carbonyl (C=O) groups is 10. The molecule has 2 aliphatic heterocycles. The smallest absolute Gasteiger partial charge is 0.407 e. The minimum atomic E-state index is -2.85. The van der Waals surface area contributed by atoms with Crippen molar-refractivity contribution in [3.05, 3.63) is 95.6 Å². The summed E-state index contributed by atoms with van der Waals surface area (Å²) < 4.78 is 62.9. The van der Waals surface area contributed by atoms with E-state index in [1.165, 1.54) is 24.3 Å². The number of hydrogen-bond acceptors (Lipinski definition) is 22. The molecule has 26 nitrogen and oxygen atoms in total. The molecule has 1 aliphatic carbocycles. The van der Waals surface area contributed by atoms with E-state index >= 15 is 0 Å². The molecule has 3 amide bonds. The fourth-order valence-electron chi connectivity index (χ4n) is 9.40. The van der Waals surface area contributed by atoms with Crippen LogP contribution in [0, 0.1) is 0 Å². The first-order valence-electron chi connectivity index (χ1n) is 24.7. The summed E-state index contributed by atoms with van der Waals surface area (Å²) in [5.41, 5.74) is 3.64. The largest absolute Gasteiger partial charge is 0.480 e. The molecule has 426 valence electrons. The normalized spacial score (nSPS) is 24.3. The van der Waals surface area contributed by atoms with Crippen LogP contribution >= 0.6 is 0 Å². The monoisotopic (exact) mass is 1110 g/mol. The Morgan fingerprint density at radius 3 is 1.85 bits per heavy atom. The van der Waals surface area contributed by atoms with Crippen molar-refractivity contribution < 1.29 is 110 Å². The van der Waals surface area contributed by atoms with Crippen LogP contribution in [0.25, 0.3) is 11.1 Å². The number of amides is 3. The topological polar surface area (TPSA) is 349 Å². The minimum Gasteiger partial charge on any atom is -0.480 e. The van der Waals surface area contributed by atoms with Crippen molar-refractivity contribution in [2.24, 2.45) is 0 Å². The van der Waals surface area contributed by atoms with Gasteiger partial charge in [0.25, 0.3) is 5.79 Å². The number of aliphatic carboxylic acids is 1. The molecule has 0 spiro atoms. The zero-order valence-corrected chi connectivity index (χ0v) is 43.9. The predicted octanol–water partition coefficient (Wildman–Crippen LogP) is 1.35. The van der Waals surface area contributed by atoms with Crippen molar-refractivity contribution >= 4 is 59.7 Å². The molecule has 2 fully saturated rings. The molecule has 3 aromatic rings. The Bertz CT molecular complexity index is 2690. The Hall–Kier alpha value is -8.04. The number of alkyl carbamates (subject to hydrolysis) is 1. The number of carboxylic acids is 1. The molecular weight excluding hydrogens is 1050 g/mol. The number of benzene rings is 3. The number of fused-ring (bicyclic) bond motifs is 3. The quantitative estimate of drug-likeness (QED) is 0.0700. The fraction of sp³-hybridized carbons (Fsp3) is 0.472. The zero-order valence-electron chi connectivity index (χ0n) is 43.9. The molecule has 3 aromatic carbocycles. The summed E-state index contributed by atoms with van der Waals surface area (Å²) in [7, 11) is 0.904. The number of rotatable bonds is 22. The van der Waals surface area contributed by atoms with Gasteiger partial charge in [-0.3, -0.25) is 28.8 Å². The average molecular weight is 1110 g/mol. The molecule has 79 heavy (non-hydrogen) atoms.